The number of methoxy groups -OCH3 is 1. The number of carboxylic acids is 1. The number of ether oxygens (including phenoxy) is 3. The zero-order chi connectivity index (χ0) is 26.6. The Bertz CT molecular complexity index is 1280. The van der Waals surface area contributed by atoms with E-state index in [-0.39, 0.29) is 31.2 Å². The van der Waals surface area contributed by atoms with Crippen LogP contribution in [0, 0.1) is 5.92 Å². The number of nitrogens with zero attached hydrogens (tertiary/aromatic N) is 1. The largest absolute Gasteiger partial charge is 0.497 e. The minimum Gasteiger partial charge on any atom is -0.497 e. The summed E-state index contributed by atoms with van der Waals surface area (Å²) in [6.07, 6.45) is 0.745. The number of fused-ring (bicyclic) bond motifs is 1. The SMILES string of the molecule is CCC(NC(=O)CN1C[C@@H](c2ccc3c(c2)OCO3)[C@H](C(=O)O)[C@H]1c1ccc(OC)cc1)c1ccccc1. The summed E-state index contributed by atoms with van der Waals surface area (Å²) < 4.78 is 16.3. The standard InChI is InChI=1S/C30H32N2O6/c1-3-24(19-7-5-4-6-8-19)31-27(33)17-32-16-23(21-11-14-25-26(15-21)38-18-37-25)28(30(34)35)29(32)20-9-12-22(36-2)13-10-20/h4-15,23-24,28-29H,3,16-18H2,1-2H3,(H,31,33)(H,34,35)/t23-,24?,28-,29+/m0/s1. The van der Waals surface area contributed by atoms with E-state index in [1.54, 1.807) is 7.11 Å². The van der Waals surface area contributed by atoms with Gasteiger partial charge in [-0.15, -0.1) is 0 Å². The van der Waals surface area contributed by atoms with Crippen molar-refractivity contribution in [1.82, 2.24) is 10.2 Å². The molecule has 0 spiro atoms. The van der Waals surface area contributed by atoms with Gasteiger partial charge in [0.05, 0.1) is 25.6 Å². The molecule has 5 rings (SSSR count). The molecule has 0 bridgehead atoms. The van der Waals surface area contributed by atoms with Gasteiger partial charge in [0.1, 0.15) is 5.75 Å². The molecule has 2 aliphatic heterocycles. The Kier molecular flexibility index (Phi) is 7.51. The van der Waals surface area contributed by atoms with Crippen molar-refractivity contribution in [2.75, 3.05) is 27.0 Å². The van der Waals surface area contributed by atoms with Gasteiger partial charge >= 0.3 is 5.97 Å². The Morgan fingerprint density at radius 3 is 2.42 bits per heavy atom. The quantitative estimate of drug-likeness (QED) is 0.431. The maximum atomic E-state index is 13.3. The van der Waals surface area contributed by atoms with Gasteiger partial charge in [-0.25, -0.2) is 0 Å². The van der Waals surface area contributed by atoms with Crippen molar-refractivity contribution in [2.24, 2.45) is 5.92 Å². The molecule has 4 atom stereocenters. The van der Waals surface area contributed by atoms with E-state index in [1.165, 1.54) is 0 Å². The van der Waals surface area contributed by atoms with Crippen LogP contribution in [0.5, 0.6) is 17.2 Å². The summed E-state index contributed by atoms with van der Waals surface area (Å²) in [5.41, 5.74) is 2.71. The number of carbonyl (C=O) groups excluding carboxylic acids is 1. The van der Waals surface area contributed by atoms with E-state index in [9.17, 15) is 14.7 Å². The lowest BCUT2D eigenvalue weighted by molar-refractivity contribution is -0.143. The molecule has 3 aromatic carbocycles. The van der Waals surface area contributed by atoms with E-state index in [4.69, 9.17) is 14.2 Å². The van der Waals surface area contributed by atoms with Crippen LogP contribution in [0.2, 0.25) is 0 Å². The number of carboxylic acid groups (broad SMARTS) is 1. The van der Waals surface area contributed by atoms with Gasteiger partial charge < -0.3 is 24.6 Å². The molecule has 38 heavy (non-hydrogen) atoms. The third-order valence-electron chi connectivity index (χ3n) is 7.46. The van der Waals surface area contributed by atoms with Crippen LogP contribution in [0.3, 0.4) is 0 Å². The van der Waals surface area contributed by atoms with Crippen molar-refractivity contribution in [1.29, 1.82) is 0 Å². The third kappa shape index (κ3) is 5.17. The Labute approximate surface area is 222 Å². The molecule has 0 aliphatic carbocycles. The molecular weight excluding hydrogens is 484 g/mol. The Morgan fingerprint density at radius 2 is 1.74 bits per heavy atom. The van der Waals surface area contributed by atoms with Crippen LogP contribution in [0.4, 0.5) is 0 Å². The fraction of sp³-hybridized carbons (Fsp3) is 0.333. The highest BCUT2D eigenvalue weighted by atomic mass is 16.7. The molecule has 8 heteroatoms. The molecule has 0 aromatic heterocycles. The Morgan fingerprint density at radius 1 is 1.03 bits per heavy atom. The Hall–Kier alpha value is -4.04. The molecule has 3 aromatic rings. The molecule has 0 radical (unpaired) electrons. The summed E-state index contributed by atoms with van der Waals surface area (Å²) in [5.74, 6) is -0.234. The molecular formula is C30H32N2O6. The maximum absolute atomic E-state index is 13.3. The smallest absolute Gasteiger partial charge is 0.309 e. The normalized spacial score (nSPS) is 21.2. The van der Waals surface area contributed by atoms with Crippen molar-refractivity contribution in [3.8, 4) is 17.2 Å². The van der Waals surface area contributed by atoms with E-state index < -0.39 is 17.9 Å². The summed E-state index contributed by atoms with van der Waals surface area (Å²) in [5, 5.41) is 13.6. The van der Waals surface area contributed by atoms with Gasteiger partial charge in [-0.2, -0.15) is 0 Å². The molecule has 2 aliphatic rings. The number of hydrogen-bond acceptors (Lipinski definition) is 6. The van der Waals surface area contributed by atoms with Gasteiger partial charge in [0, 0.05) is 18.5 Å². The second-order valence-electron chi connectivity index (χ2n) is 9.67. The van der Waals surface area contributed by atoms with Crippen LogP contribution in [0.1, 0.15) is 48.0 Å². The molecule has 1 saturated heterocycles. The lowest BCUT2D eigenvalue weighted by Gasteiger charge is -2.28. The minimum atomic E-state index is -0.910. The van der Waals surface area contributed by atoms with E-state index in [0.29, 0.717) is 23.8 Å². The van der Waals surface area contributed by atoms with Gasteiger partial charge in [-0.05, 0) is 47.4 Å². The predicted octanol–water partition coefficient (Wildman–Crippen LogP) is 4.53. The van der Waals surface area contributed by atoms with Crippen LogP contribution < -0.4 is 19.5 Å². The lowest BCUT2D eigenvalue weighted by Crippen LogP contribution is -2.39. The molecule has 1 fully saturated rings. The van der Waals surface area contributed by atoms with Crippen LogP contribution in [0.25, 0.3) is 0 Å². The molecule has 2 heterocycles. The summed E-state index contributed by atoms with van der Waals surface area (Å²) in [6.45, 7) is 2.66. The van der Waals surface area contributed by atoms with Crippen LogP contribution in [0.15, 0.2) is 72.8 Å². The van der Waals surface area contributed by atoms with Crippen LogP contribution >= 0.6 is 0 Å². The average molecular weight is 517 g/mol. The second-order valence-corrected chi connectivity index (χ2v) is 9.67. The number of carbonyl (C=O) groups is 2. The van der Waals surface area contributed by atoms with Gasteiger partial charge in [-0.3, -0.25) is 14.5 Å². The Balaban J connectivity index is 1.45. The average Bonchev–Trinajstić information content (AvgIpc) is 3.56. The summed E-state index contributed by atoms with van der Waals surface area (Å²) in [6, 6.07) is 22.2. The first-order valence-corrected chi connectivity index (χ1v) is 12.8. The minimum absolute atomic E-state index is 0.0743. The van der Waals surface area contributed by atoms with E-state index >= 15 is 0 Å². The number of hydrogen-bond donors (Lipinski definition) is 2. The van der Waals surface area contributed by atoms with Crippen LogP contribution in [-0.4, -0.2) is 48.9 Å². The van der Waals surface area contributed by atoms with Crippen molar-refractivity contribution in [2.45, 2.75) is 31.3 Å². The number of nitrogens with one attached hydrogen (secondary N) is 1. The summed E-state index contributed by atoms with van der Waals surface area (Å²) in [7, 11) is 1.59. The number of likely N-dealkylation sites (tertiary alicyclic amines) is 1. The third-order valence-corrected chi connectivity index (χ3v) is 7.46. The van der Waals surface area contributed by atoms with Crippen molar-refractivity contribution >= 4 is 11.9 Å². The molecule has 2 N–H and O–H groups in total. The lowest BCUT2D eigenvalue weighted by atomic mass is 9.82. The monoisotopic (exact) mass is 516 g/mol. The predicted molar refractivity (Wildman–Crippen MR) is 141 cm³/mol. The van der Waals surface area contributed by atoms with Crippen molar-refractivity contribution in [3.63, 3.8) is 0 Å². The van der Waals surface area contributed by atoms with Crippen molar-refractivity contribution in [3.05, 3.63) is 89.5 Å². The second kappa shape index (κ2) is 11.1. The molecule has 198 valence electrons. The number of rotatable bonds is 9. The van der Waals surface area contributed by atoms with Gasteiger partial charge in [-0.1, -0.05) is 55.5 Å². The molecule has 0 saturated carbocycles. The van der Waals surface area contributed by atoms with E-state index in [1.807, 2.05) is 84.6 Å². The number of benzene rings is 3. The van der Waals surface area contributed by atoms with Crippen LogP contribution in [-0.2, 0) is 9.59 Å². The fourth-order valence-electron chi connectivity index (χ4n) is 5.60. The fourth-order valence-corrected chi connectivity index (χ4v) is 5.60. The summed E-state index contributed by atoms with van der Waals surface area (Å²) >= 11 is 0. The highest BCUT2D eigenvalue weighted by Gasteiger charge is 2.48. The van der Waals surface area contributed by atoms with Gasteiger partial charge in [0.2, 0.25) is 12.7 Å². The molecule has 8 nitrogen and oxygen atoms in total. The topological polar surface area (TPSA) is 97.3 Å². The first kappa shape index (κ1) is 25.6. The first-order chi connectivity index (χ1) is 18.5. The highest BCUT2D eigenvalue weighted by Crippen LogP contribution is 2.47. The van der Waals surface area contributed by atoms with E-state index in [0.717, 1.165) is 23.1 Å². The number of aliphatic carboxylic acids is 1. The molecule has 1 unspecified atom stereocenters. The van der Waals surface area contributed by atoms with Gasteiger partial charge in [0.15, 0.2) is 11.5 Å². The van der Waals surface area contributed by atoms with Gasteiger partial charge in [0.25, 0.3) is 0 Å². The zero-order valence-electron chi connectivity index (χ0n) is 21.5. The first-order valence-electron chi connectivity index (χ1n) is 12.8. The number of amides is 1. The zero-order valence-corrected chi connectivity index (χ0v) is 21.5. The molecule has 1 amide bonds. The highest BCUT2D eigenvalue weighted by molar-refractivity contribution is 5.79. The van der Waals surface area contributed by atoms with Crippen molar-refractivity contribution < 1.29 is 28.9 Å². The summed E-state index contributed by atoms with van der Waals surface area (Å²) in [4.78, 5) is 28.1. The maximum Gasteiger partial charge on any atom is 0.309 e. The van der Waals surface area contributed by atoms with E-state index in [2.05, 4.69) is 5.32 Å².